The van der Waals surface area contributed by atoms with Gasteiger partial charge in [0.25, 0.3) is 0 Å². The largest absolute Gasteiger partial charge is 0.493 e. The van der Waals surface area contributed by atoms with Gasteiger partial charge in [-0.15, -0.1) is 0 Å². The lowest BCUT2D eigenvalue weighted by atomic mass is 10.1. The third kappa shape index (κ3) is 4.87. The highest BCUT2D eigenvalue weighted by atomic mass is 19.1. The average Bonchev–Trinajstić information content (AvgIpc) is 2.52. The number of benzene rings is 2. The molecule has 2 rings (SSSR count). The first-order valence-electron chi connectivity index (χ1n) is 7.46. The molecule has 3 heteroatoms. The van der Waals surface area contributed by atoms with Gasteiger partial charge in [0, 0.05) is 12.1 Å². The summed E-state index contributed by atoms with van der Waals surface area (Å²) in [6, 6.07) is 14.9. The first-order valence-corrected chi connectivity index (χ1v) is 7.46. The lowest BCUT2D eigenvalue weighted by molar-refractivity contribution is 0.313. The van der Waals surface area contributed by atoms with E-state index in [4.69, 9.17) is 4.74 Å². The van der Waals surface area contributed by atoms with Crippen molar-refractivity contribution in [3.63, 3.8) is 0 Å². The van der Waals surface area contributed by atoms with Crippen LogP contribution in [-0.4, -0.2) is 13.2 Å². The monoisotopic (exact) mass is 287 g/mol. The predicted octanol–water partition coefficient (Wildman–Crippen LogP) is 3.95. The molecule has 0 aliphatic rings. The summed E-state index contributed by atoms with van der Waals surface area (Å²) < 4.78 is 19.2. The Kier molecular flexibility index (Phi) is 6.22. The molecule has 0 heterocycles. The molecule has 0 atom stereocenters. The number of ether oxygens (including phenoxy) is 1. The molecule has 112 valence electrons. The van der Waals surface area contributed by atoms with E-state index in [1.807, 2.05) is 30.3 Å². The Morgan fingerprint density at radius 2 is 1.71 bits per heavy atom. The van der Waals surface area contributed by atoms with Gasteiger partial charge in [-0.2, -0.15) is 0 Å². The topological polar surface area (TPSA) is 21.3 Å². The van der Waals surface area contributed by atoms with Crippen LogP contribution in [0.3, 0.4) is 0 Å². The molecule has 0 amide bonds. The van der Waals surface area contributed by atoms with Crippen LogP contribution >= 0.6 is 0 Å². The Hall–Kier alpha value is -1.87. The van der Waals surface area contributed by atoms with E-state index in [9.17, 15) is 4.39 Å². The molecule has 0 spiro atoms. The van der Waals surface area contributed by atoms with Crippen LogP contribution in [0, 0.1) is 5.82 Å². The SMILES string of the molecule is CCCOc1ccccc1CNCCc1ccccc1F. The van der Waals surface area contributed by atoms with Gasteiger partial charge < -0.3 is 10.1 Å². The zero-order valence-corrected chi connectivity index (χ0v) is 12.4. The summed E-state index contributed by atoms with van der Waals surface area (Å²) in [5.41, 5.74) is 1.89. The van der Waals surface area contributed by atoms with Gasteiger partial charge in [0.2, 0.25) is 0 Å². The fourth-order valence-electron chi connectivity index (χ4n) is 2.15. The van der Waals surface area contributed by atoms with Crippen molar-refractivity contribution in [3.05, 3.63) is 65.5 Å². The normalized spacial score (nSPS) is 10.6. The first-order chi connectivity index (χ1) is 10.3. The van der Waals surface area contributed by atoms with Gasteiger partial charge in [-0.25, -0.2) is 4.39 Å². The van der Waals surface area contributed by atoms with Crippen molar-refractivity contribution in [2.45, 2.75) is 26.3 Å². The lowest BCUT2D eigenvalue weighted by Gasteiger charge is -2.11. The van der Waals surface area contributed by atoms with Crippen LogP contribution in [0.25, 0.3) is 0 Å². The van der Waals surface area contributed by atoms with Crippen molar-refractivity contribution in [3.8, 4) is 5.75 Å². The van der Waals surface area contributed by atoms with Gasteiger partial charge in [-0.3, -0.25) is 0 Å². The highest BCUT2D eigenvalue weighted by Gasteiger charge is 2.03. The molecule has 2 nitrogen and oxygen atoms in total. The minimum Gasteiger partial charge on any atom is -0.493 e. The first kappa shape index (κ1) is 15.5. The van der Waals surface area contributed by atoms with E-state index in [0.717, 1.165) is 43.0 Å². The molecular weight excluding hydrogens is 265 g/mol. The van der Waals surface area contributed by atoms with E-state index in [2.05, 4.69) is 18.3 Å². The van der Waals surface area contributed by atoms with Crippen LogP contribution in [0.15, 0.2) is 48.5 Å². The van der Waals surface area contributed by atoms with Crippen LogP contribution in [0.5, 0.6) is 5.75 Å². The maximum absolute atomic E-state index is 13.5. The molecule has 0 aliphatic carbocycles. The molecular formula is C18H22FNO. The van der Waals surface area contributed by atoms with Gasteiger partial charge in [0.1, 0.15) is 11.6 Å². The van der Waals surface area contributed by atoms with Crippen LogP contribution in [0.2, 0.25) is 0 Å². The fourth-order valence-corrected chi connectivity index (χ4v) is 2.15. The van der Waals surface area contributed by atoms with E-state index in [1.54, 1.807) is 6.07 Å². The number of para-hydroxylation sites is 1. The molecule has 0 saturated carbocycles. The molecule has 0 radical (unpaired) electrons. The number of halogens is 1. The highest BCUT2D eigenvalue weighted by Crippen LogP contribution is 2.17. The van der Waals surface area contributed by atoms with Crippen LogP contribution < -0.4 is 10.1 Å². The number of rotatable bonds is 8. The number of hydrogen-bond acceptors (Lipinski definition) is 2. The second-order valence-corrected chi connectivity index (χ2v) is 4.97. The van der Waals surface area contributed by atoms with Crippen LogP contribution in [-0.2, 0) is 13.0 Å². The summed E-state index contributed by atoms with van der Waals surface area (Å²) in [4.78, 5) is 0. The second kappa shape index (κ2) is 8.42. The average molecular weight is 287 g/mol. The van der Waals surface area contributed by atoms with Crippen molar-refractivity contribution in [2.24, 2.45) is 0 Å². The van der Waals surface area contributed by atoms with Gasteiger partial charge in [0.15, 0.2) is 0 Å². The molecule has 0 aliphatic heterocycles. The summed E-state index contributed by atoms with van der Waals surface area (Å²) in [6.07, 6.45) is 1.68. The summed E-state index contributed by atoms with van der Waals surface area (Å²) >= 11 is 0. The van der Waals surface area contributed by atoms with Gasteiger partial charge >= 0.3 is 0 Å². The summed E-state index contributed by atoms with van der Waals surface area (Å²) in [7, 11) is 0. The van der Waals surface area contributed by atoms with Crippen molar-refractivity contribution in [1.82, 2.24) is 5.32 Å². The van der Waals surface area contributed by atoms with E-state index in [-0.39, 0.29) is 5.82 Å². The zero-order valence-electron chi connectivity index (χ0n) is 12.4. The number of nitrogens with one attached hydrogen (secondary N) is 1. The van der Waals surface area contributed by atoms with Gasteiger partial charge in [-0.1, -0.05) is 43.3 Å². The zero-order chi connectivity index (χ0) is 14.9. The maximum atomic E-state index is 13.5. The van der Waals surface area contributed by atoms with Crippen molar-refractivity contribution >= 4 is 0 Å². The molecule has 2 aromatic rings. The summed E-state index contributed by atoms with van der Waals surface area (Å²) in [6.45, 7) is 4.29. The molecule has 0 saturated heterocycles. The Morgan fingerprint density at radius 3 is 2.48 bits per heavy atom. The van der Waals surface area contributed by atoms with E-state index >= 15 is 0 Å². The Labute approximate surface area is 126 Å². The third-order valence-corrected chi connectivity index (χ3v) is 3.28. The fraction of sp³-hybridized carbons (Fsp3) is 0.333. The lowest BCUT2D eigenvalue weighted by Crippen LogP contribution is -2.17. The minimum atomic E-state index is -0.133. The minimum absolute atomic E-state index is 0.133. The molecule has 21 heavy (non-hydrogen) atoms. The van der Waals surface area contributed by atoms with Crippen LogP contribution in [0.4, 0.5) is 4.39 Å². The number of hydrogen-bond donors (Lipinski definition) is 1. The Balaban J connectivity index is 1.82. The molecule has 2 aromatic carbocycles. The highest BCUT2D eigenvalue weighted by molar-refractivity contribution is 5.33. The quantitative estimate of drug-likeness (QED) is 0.742. The molecule has 0 unspecified atom stereocenters. The summed E-state index contributed by atoms with van der Waals surface area (Å²) in [5.74, 6) is 0.795. The predicted molar refractivity (Wildman–Crippen MR) is 84.0 cm³/mol. The smallest absolute Gasteiger partial charge is 0.126 e. The molecule has 0 fully saturated rings. The van der Waals surface area contributed by atoms with E-state index in [1.165, 1.54) is 6.07 Å². The van der Waals surface area contributed by atoms with Crippen molar-refractivity contribution < 1.29 is 9.13 Å². The Morgan fingerprint density at radius 1 is 1.00 bits per heavy atom. The van der Waals surface area contributed by atoms with Crippen molar-refractivity contribution in [2.75, 3.05) is 13.2 Å². The summed E-state index contributed by atoms with van der Waals surface area (Å²) in [5, 5.41) is 3.35. The van der Waals surface area contributed by atoms with Crippen molar-refractivity contribution in [1.29, 1.82) is 0 Å². The standard InChI is InChI=1S/C18H22FNO/c1-2-13-21-18-10-6-4-8-16(18)14-20-12-11-15-7-3-5-9-17(15)19/h3-10,20H,2,11-14H2,1H3. The molecule has 0 bridgehead atoms. The maximum Gasteiger partial charge on any atom is 0.126 e. The van der Waals surface area contributed by atoms with Crippen LogP contribution in [0.1, 0.15) is 24.5 Å². The third-order valence-electron chi connectivity index (χ3n) is 3.28. The van der Waals surface area contributed by atoms with Gasteiger partial charge in [0.05, 0.1) is 6.61 Å². The van der Waals surface area contributed by atoms with E-state index in [0.29, 0.717) is 6.42 Å². The second-order valence-electron chi connectivity index (χ2n) is 4.97. The molecule has 0 aromatic heterocycles. The molecule has 1 N–H and O–H groups in total. The van der Waals surface area contributed by atoms with Gasteiger partial charge in [-0.05, 0) is 37.1 Å². The van der Waals surface area contributed by atoms with E-state index < -0.39 is 0 Å². The Bertz CT molecular complexity index is 556.